The third-order valence-corrected chi connectivity index (χ3v) is 2.69. The SMILES string of the molecule is CCC1=CC(C)[C@@H](C)C=C1C. The molecule has 0 aromatic heterocycles. The topological polar surface area (TPSA) is 0 Å². The molecule has 0 nitrogen and oxygen atoms in total. The van der Waals surface area contributed by atoms with E-state index in [-0.39, 0.29) is 0 Å². The van der Waals surface area contributed by atoms with E-state index in [1.807, 2.05) is 0 Å². The molecule has 0 amide bonds. The summed E-state index contributed by atoms with van der Waals surface area (Å²) < 4.78 is 0. The quantitative estimate of drug-likeness (QED) is 0.536. The normalized spacial score (nSPS) is 31.3. The van der Waals surface area contributed by atoms with Crippen molar-refractivity contribution in [3.8, 4) is 0 Å². The monoisotopic (exact) mass is 150 g/mol. The molecular formula is C11H18. The molecule has 0 bridgehead atoms. The van der Waals surface area contributed by atoms with Gasteiger partial charge < -0.3 is 0 Å². The molecule has 1 aliphatic rings. The lowest BCUT2D eigenvalue weighted by Gasteiger charge is -2.22. The average Bonchev–Trinajstić information content (AvgIpc) is 1.97. The van der Waals surface area contributed by atoms with Crippen LogP contribution in [0.4, 0.5) is 0 Å². The van der Waals surface area contributed by atoms with E-state index in [0.29, 0.717) is 0 Å². The van der Waals surface area contributed by atoms with E-state index in [1.165, 1.54) is 17.6 Å². The van der Waals surface area contributed by atoms with Crippen LogP contribution in [0.2, 0.25) is 0 Å². The summed E-state index contributed by atoms with van der Waals surface area (Å²) >= 11 is 0. The van der Waals surface area contributed by atoms with E-state index in [0.717, 1.165) is 11.8 Å². The van der Waals surface area contributed by atoms with Crippen LogP contribution in [0.1, 0.15) is 34.1 Å². The van der Waals surface area contributed by atoms with Crippen molar-refractivity contribution in [1.82, 2.24) is 0 Å². The first kappa shape index (κ1) is 8.58. The Morgan fingerprint density at radius 3 is 2.27 bits per heavy atom. The first-order valence-electron chi connectivity index (χ1n) is 4.54. The maximum absolute atomic E-state index is 2.42. The van der Waals surface area contributed by atoms with Crippen LogP contribution in [0.3, 0.4) is 0 Å². The molecule has 2 atom stereocenters. The molecule has 11 heavy (non-hydrogen) atoms. The second kappa shape index (κ2) is 3.25. The van der Waals surface area contributed by atoms with Gasteiger partial charge in [0.25, 0.3) is 0 Å². The standard InChI is InChI=1S/C11H18/c1-5-11-7-9(3)8(2)6-10(11)4/h6-9H,5H2,1-4H3/t8-,9?/m0/s1. The fourth-order valence-electron chi connectivity index (χ4n) is 1.65. The van der Waals surface area contributed by atoms with Gasteiger partial charge in [-0.25, -0.2) is 0 Å². The van der Waals surface area contributed by atoms with Crippen molar-refractivity contribution in [3.05, 3.63) is 23.3 Å². The molecule has 0 saturated carbocycles. The molecule has 1 aliphatic carbocycles. The largest absolute Gasteiger partial charge is 0.0779 e. The van der Waals surface area contributed by atoms with E-state index >= 15 is 0 Å². The Hall–Kier alpha value is -0.520. The summed E-state index contributed by atoms with van der Waals surface area (Å²) in [6.07, 6.45) is 5.99. The highest BCUT2D eigenvalue weighted by Crippen LogP contribution is 2.28. The lowest BCUT2D eigenvalue weighted by atomic mass is 9.84. The van der Waals surface area contributed by atoms with Gasteiger partial charge in [0.15, 0.2) is 0 Å². The van der Waals surface area contributed by atoms with Crippen molar-refractivity contribution < 1.29 is 0 Å². The predicted octanol–water partition coefficient (Wildman–Crippen LogP) is 3.55. The third kappa shape index (κ3) is 1.74. The zero-order chi connectivity index (χ0) is 8.43. The van der Waals surface area contributed by atoms with E-state index in [1.54, 1.807) is 0 Å². The van der Waals surface area contributed by atoms with Crippen LogP contribution in [0.5, 0.6) is 0 Å². The van der Waals surface area contributed by atoms with E-state index in [4.69, 9.17) is 0 Å². The fourth-order valence-corrected chi connectivity index (χ4v) is 1.65. The lowest BCUT2D eigenvalue weighted by molar-refractivity contribution is 0.541. The van der Waals surface area contributed by atoms with Gasteiger partial charge in [0.05, 0.1) is 0 Å². The van der Waals surface area contributed by atoms with Gasteiger partial charge in [-0.3, -0.25) is 0 Å². The minimum atomic E-state index is 0.727. The Labute approximate surface area is 70.0 Å². The van der Waals surface area contributed by atoms with Crippen molar-refractivity contribution in [2.45, 2.75) is 34.1 Å². The Morgan fingerprint density at radius 2 is 1.73 bits per heavy atom. The maximum atomic E-state index is 2.42. The highest BCUT2D eigenvalue weighted by molar-refractivity contribution is 5.33. The van der Waals surface area contributed by atoms with Crippen LogP contribution < -0.4 is 0 Å². The molecule has 0 saturated heterocycles. The molecular weight excluding hydrogens is 132 g/mol. The minimum absolute atomic E-state index is 0.727. The van der Waals surface area contributed by atoms with Crippen LogP contribution in [0.15, 0.2) is 23.3 Å². The second-order valence-corrected chi connectivity index (χ2v) is 3.61. The van der Waals surface area contributed by atoms with Crippen LogP contribution in [-0.4, -0.2) is 0 Å². The second-order valence-electron chi connectivity index (χ2n) is 3.61. The van der Waals surface area contributed by atoms with E-state index < -0.39 is 0 Å². The van der Waals surface area contributed by atoms with Gasteiger partial charge in [-0.2, -0.15) is 0 Å². The Kier molecular flexibility index (Phi) is 2.53. The summed E-state index contributed by atoms with van der Waals surface area (Å²) in [5.74, 6) is 1.46. The van der Waals surface area contributed by atoms with Crippen LogP contribution in [0, 0.1) is 11.8 Å². The van der Waals surface area contributed by atoms with Crippen LogP contribution in [-0.2, 0) is 0 Å². The van der Waals surface area contributed by atoms with Crippen LogP contribution in [0.25, 0.3) is 0 Å². The highest BCUT2D eigenvalue weighted by atomic mass is 14.2. The summed E-state index contributed by atoms with van der Waals surface area (Å²) in [7, 11) is 0. The molecule has 0 fully saturated rings. The minimum Gasteiger partial charge on any atom is -0.0779 e. The number of hydrogen-bond donors (Lipinski definition) is 0. The Balaban J connectivity index is 2.82. The Bertz CT molecular complexity index is 196. The smallest absolute Gasteiger partial charge is 0.0195 e. The van der Waals surface area contributed by atoms with Crippen LogP contribution >= 0.6 is 0 Å². The van der Waals surface area contributed by atoms with Gasteiger partial charge in [-0.05, 0) is 30.8 Å². The first-order chi connectivity index (χ1) is 5.15. The molecule has 1 unspecified atom stereocenters. The summed E-state index contributed by atoms with van der Waals surface area (Å²) in [6.45, 7) is 9.03. The van der Waals surface area contributed by atoms with Crippen molar-refractivity contribution in [1.29, 1.82) is 0 Å². The molecule has 0 heterocycles. The van der Waals surface area contributed by atoms with E-state index in [9.17, 15) is 0 Å². The molecule has 0 aliphatic heterocycles. The summed E-state index contributed by atoms with van der Waals surface area (Å²) in [4.78, 5) is 0. The van der Waals surface area contributed by atoms with Gasteiger partial charge in [-0.1, -0.05) is 38.5 Å². The third-order valence-electron chi connectivity index (χ3n) is 2.69. The molecule has 0 N–H and O–H groups in total. The highest BCUT2D eigenvalue weighted by Gasteiger charge is 2.14. The van der Waals surface area contributed by atoms with Gasteiger partial charge >= 0.3 is 0 Å². The van der Waals surface area contributed by atoms with Crippen molar-refractivity contribution in [3.63, 3.8) is 0 Å². The van der Waals surface area contributed by atoms with Gasteiger partial charge in [0.2, 0.25) is 0 Å². The average molecular weight is 150 g/mol. The molecule has 0 aromatic rings. The van der Waals surface area contributed by atoms with Crippen molar-refractivity contribution >= 4 is 0 Å². The summed E-state index contributed by atoms with van der Waals surface area (Å²) in [6, 6.07) is 0. The molecule has 0 heteroatoms. The summed E-state index contributed by atoms with van der Waals surface area (Å²) in [5.41, 5.74) is 3.02. The first-order valence-corrected chi connectivity index (χ1v) is 4.54. The molecule has 0 radical (unpaired) electrons. The summed E-state index contributed by atoms with van der Waals surface area (Å²) in [5, 5.41) is 0. The van der Waals surface area contributed by atoms with Crippen molar-refractivity contribution in [2.24, 2.45) is 11.8 Å². The predicted molar refractivity (Wildman–Crippen MR) is 50.5 cm³/mol. The molecule has 0 aromatic carbocycles. The zero-order valence-electron chi connectivity index (χ0n) is 8.02. The van der Waals surface area contributed by atoms with Gasteiger partial charge in [0.1, 0.15) is 0 Å². The number of allylic oxidation sites excluding steroid dienone is 4. The molecule has 1 rings (SSSR count). The number of hydrogen-bond acceptors (Lipinski definition) is 0. The molecule has 62 valence electrons. The lowest BCUT2D eigenvalue weighted by Crippen LogP contribution is -2.09. The van der Waals surface area contributed by atoms with Gasteiger partial charge in [0, 0.05) is 0 Å². The zero-order valence-corrected chi connectivity index (χ0v) is 8.02. The Morgan fingerprint density at radius 1 is 1.18 bits per heavy atom. The maximum Gasteiger partial charge on any atom is -0.0195 e. The fraction of sp³-hybridized carbons (Fsp3) is 0.636. The van der Waals surface area contributed by atoms with Gasteiger partial charge in [-0.15, -0.1) is 0 Å². The number of rotatable bonds is 1. The van der Waals surface area contributed by atoms with Crippen molar-refractivity contribution in [2.75, 3.05) is 0 Å². The van der Waals surface area contributed by atoms with E-state index in [2.05, 4.69) is 39.8 Å². The molecule has 0 spiro atoms.